The molecule has 4 rings (SSSR count). The number of amides is 4. The number of fused-ring (bicyclic) bond motifs is 2. The maximum atomic E-state index is 13.2. The molecule has 7 nitrogen and oxygen atoms in total. The van der Waals surface area contributed by atoms with Crippen molar-refractivity contribution in [2.45, 2.75) is 38.4 Å². The number of hydrogen-bond acceptors (Lipinski definition) is 4. The molecule has 1 aromatic heterocycles. The Morgan fingerprint density at radius 2 is 2.11 bits per heavy atom. The van der Waals surface area contributed by atoms with Gasteiger partial charge in [0.05, 0.1) is 17.3 Å². The Balaban J connectivity index is 1.61. The van der Waals surface area contributed by atoms with Crippen LogP contribution in [-0.2, 0) is 4.79 Å². The van der Waals surface area contributed by atoms with E-state index in [9.17, 15) is 14.4 Å². The van der Waals surface area contributed by atoms with Gasteiger partial charge in [-0.15, -0.1) is 11.3 Å². The van der Waals surface area contributed by atoms with Crippen LogP contribution in [-0.4, -0.2) is 47.4 Å². The molecule has 1 saturated heterocycles. The Morgan fingerprint density at radius 3 is 2.82 bits per heavy atom. The monoisotopic (exact) mass is 398 g/mol. The van der Waals surface area contributed by atoms with Gasteiger partial charge in [-0.05, 0) is 49.4 Å². The van der Waals surface area contributed by atoms with Crippen LogP contribution in [0.3, 0.4) is 0 Å². The van der Waals surface area contributed by atoms with Crippen molar-refractivity contribution in [2.75, 3.05) is 11.9 Å². The number of carbonyl (C=O) groups is 3. The van der Waals surface area contributed by atoms with E-state index in [-0.39, 0.29) is 23.9 Å². The topological polar surface area (TPSA) is 90.5 Å². The fraction of sp³-hybridized carbons (Fsp3) is 0.350. The van der Waals surface area contributed by atoms with Crippen LogP contribution >= 0.6 is 11.3 Å². The van der Waals surface area contributed by atoms with Gasteiger partial charge in [0.25, 0.3) is 5.91 Å². The quantitative estimate of drug-likeness (QED) is 0.742. The minimum absolute atomic E-state index is 0.0120. The number of benzene rings is 1. The molecule has 2 aliphatic heterocycles. The normalized spacial score (nSPS) is 21.0. The minimum Gasteiger partial charge on any atom is -0.336 e. The number of anilines is 1. The molecule has 8 heteroatoms. The van der Waals surface area contributed by atoms with Crippen molar-refractivity contribution in [3.63, 3.8) is 0 Å². The van der Waals surface area contributed by atoms with Gasteiger partial charge in [-0.2, -0.15) is 0 Å². The Kier molecular flexibility index (Phi) is 4.80. The van der Waals surface area contributed by atoms with Crippen molar-refractivity contribution in [1.82, 2.24) is 15.5 Å². The van der Waals surface area contributed by atoms with E-state index in [1.54, 1.807) is 22.3 Å². The second-order valence-corrected chi connectivity index (χ2v) is 8.29. The molecule has 3 N–H and O–H groups in total. The second kappa shape index (κ2) is 7.27. The highest BCUT2D eigenvalue weighted by atomic mass is 32.1. The Labute approximate surface area is 167 Å². The maximum Gasteiger partial charge on any atom is 0.315 e. The first-order valence-corrected chi connectivity index (χ1v) is 10.2. The van der Waals surface area contributed by atoms with E-state index < -0.39 is 12.1 Å². The van der Waals surface area contributed by atoms with Gasteiger partial charge in [0, 0.05) is 17.5 Å². The number of urea groups is 1. The Hall–Kier alpha value is -2.87. The summed E-state index contributed by atoms with van der Waals surface area (Å²) in [6.07, 6.45) is 0.537. The van der Waals surface area contributed by atoms with E-state index in [0.717, 1.165) is 10.4 Å². The van der Waals surface area contributed by atoms with Gasteiger partial charge < -0.3 is 20.9 Å². The fourth-order valence-corrected chi connectivity index (χ4v) is 4.48. The van der Waals surface area contributed by atoms with E-state index >= 15 is 0 Å². The zero-order chi connectivity index (χ0) is 19.8. The molecular weight excluding hydrogens is 376 g/mol. The summed E-state index contributed by atoms with van der Waals surface area (Å²) < 4.78 is 0. The standard InChI is InChI=1S/C20H22N4O3S/c1-11(2)21-20(27)23-15-7-8-24-17(15)18(25)22-14-6-5-12(10-13(14)19(24)26)16-4-3-9-28-16/h3-6,9-11,15,17H,7-8H2,1-2H3,(H,22,25)(H2,21,23,27)/t15-,17+/m1/s1. The Bertz CT molecular complexity index is 926. The predicted molar refractivity (Wildman–Crippen MR) is 108 cm³/mol. The second-order valence-electron chi connectivity index (χ2n) is 7.34. The minimum atomic E-state index is -0.719. The Morgan fingerprint density at radius 1 is 1.29 bits per heavy atom. The summed E-state index contributed by atoms with van der Waals surface area (Å²) in [5.41, 5.74) is 1.93. The summed E-state index contributed by atoms with van der Waals surface area (Å²) >= 11 is 1.60. The molecule has 146 valence electrons. The van der Waals surface area contributed by atoms with Crippen molar-refractivity contribution in [1.29, 1.82) is 0 Å². The summed E-state index contributed by atoms with van der Waals surface area (Å²) in [6.45, 7) is 4.15. The molecule has 2 aliphatic rings. The molecule has 2 aromatic rings. The average Bonchev–Trinajstić information content (AvgIpc) is 3.28. The molecule has 0 saturated carbocycles. The van der Waals surface area contributed by atoms with Crippen molar-refractivity contribution >= 4 is 34.9 Å². The number of nitrogens with one attached hydrogen (secondary N) is 3. The summed E-state index contributed by atoms with van der Waals surface area (Å²) in [4.78, 5) is 40.8. The molecule has 0 unspecified atom stereocenters. The van der Waals surface area contributed by atoms with Gasteiger partial charge in [-0.1, -0.05) is 12.1 Å². The lowest BCUT2D eigenvalue weighted by molar-refractivity contribution is -0.120. The smallest absolute Gasteiger partial charge is 0.315 e. The van der Waals surface area contributed by atoms with E-state index in [1.807, 2.05) is 43.5 Å². The van der Waals surface area contributed by atoms with Gasteiger partial charge in [-0.25, -0.2) is 4.79 Å². The van der Waals surface area contributed by atoms with Gasteiger partial charge >= 0.3 is 6.03 Å². The van der Waals surface area contributed by atoms with Crippen molar-refractivity contribution in [2.24, 2.45) is 0 Å². The fourth-order valence-electron chi connectivity index (χ4n) is 3.76. The lowest BCUT2D eigenvalue weighted by Crippen LogP contribution is -2.54. The summed E-state index contributed by atoms with van der Waals surface area (Å²) in [7, 11) is 0. The molecule has 28 heavy (non-hydrogen) atoms. The van der Waals surface area contributed by atoms with Crippen LogP contribution in [0.5, 0.6) is 0 Å². The molecule has 2 atom stereocenters. The molecule has 0 spiro atoms. The summed E-state index contributed by atoms with van der Waals surface area (Å²) in [6, 6.07) is 7.99. The lowest BCUT2D eigenvalue weighted by Gasteiger charge is -2.25. The predicted octanol–water partition coefficient (Wildman–Crippen LogP) is 2.66. The number of thiophene rings is 1. The van der Waals surface area contributed by atoms with Crippen LogP contribution in [0, 0.1) is 0 Å². The maximum absolute atomic E-state index is 13.2. The number of nitrogens with zero attached hydrogens (tertiary/aromatic N) is 1. The van der Waals surface area contributed by atoms with Crippen LogP contribution in [0.4, 0.5) is 10.5 Å². The van der Waals surface area contributed by atoms with Crippen LogP contribution in [0.1, 0.15) is 30.6 Å². The third kappa shape index (κ3) is 3.35. The first-order valence-electron chi connectivity index (χ1n) is 9.31. The molecule has 0 bridgehead atoms. The number of carbonyl (C=O) groups excluding carboxylic acids is 3. The molecule has 1 aromatic carbocycles. The average molecular weight is 398 g/mol. The highest BCUT2D eigenvalue weighted by Gasteiger charge is 2.45. The van der Waals surface area contributed by atoms with Crippen LogP contribution in [0.25, 0.3) is 10.4 Å². The number of rotatable bonds is 3. The van der Waals surface area contributed by atoms with E-state index in [1.165, 1.54) is 0 Å². The van der Waals surface area contributed by atoms with E-state index in [2.05, 4.69) is 16.0 Å². The zero-order valence-corrected chi connectivity index (χ0v) is 16.5. The molecule has 3 heterocycles. The van der Waals surface area contributed by atoms with Gasteiger partial charge in [-0.3, -0.25) is 9.59 Å². The SMILES string of the molecule is CC(C)NC(=O)N[C@@H]1CCN2C(=O)c3cc(-c4cccs4)ccc3NC(=O)[C@H]12. The summed E-state index contributed by atoms with van der Waals surface area (Å²) in [5, 5.41) is 10.5. The first kappa shape index (κ1) is 18.5. The highest BCUT2D eigenvalue weighted by molar-refractivity contribution is 7.13. The molecule has 0 aliphatic carbocycles. The van der Waals surface area contributed by atoms with Crippen molar-refractivity contribution < 1.29 is 14.4 Å². The van der Waals surface area contributed by atoms with Crippen LogP contribution in [0.2, 0.25) is 0 Å². The van der Waals surface area contributed by atoms with E-state index in [4.69, 9.17) is 0 Å². The zero-order valence-electron chi connectivity index (χ0n) is 15.7. The lowest BCUT2D eigenvalue weighted by atomic mass is 10.1. The molecule has 1 fully saturated rings. The van der Waals surface area contributed by atoms with Crippen LogP contribution in [0.15, 0.2) is 35.7 Å². The molecule has 4 amide bonds. The molecular formula is C20H22N4O3S. The molecule has 0 radical (unpaired) electrons. The van der Waals surface area contributed by atoms with Gasteiger partial charge in [0.15, 0.2) is 0 Å². The number of hydrogen-bond donors (Lipinski definition) is 3. The van der Waals surface area contributed by atoms with E-state index in [0.29, 0.717) is 24.2 Å². The van der Waals surface area contributed by atoms with Gasteiger partial charge in [0.1, 0.15) is 6.04 Å². The summed E-state index contributed by atoms with van der Waals surface area (Å²) in [5.74, 6) is -0.464. The third-order valence-electron chi connectivity index (χ3n) is 4.98. The van der Waals surface area contributed by atoms with Crippen molar-refractivity contribution in [3.05, 3.63) is 41.3 Å². The largest absolute Gasteiger partial charge is 0.336 e. The van der Waals surface area contributed by atoms with Crippen LogP contribution < -0.4 is 16.0 Å². The third-order valence-corrected chi connectivity index (χ3v) is 5.90. The first-order chi connectivity index (χ1) is 13.4. The van der Waals surface area contributed by atoms with Crippen molar-refractivity contribution in [3.8, 4) is 10.4 Å². The highest BCUT2D eigenvalue weighted by Crippen LogP contribution is 2.33. The van der Waals surface area contributed by atoms with Gasteiger partial charge in [0.2, 0.25) is 5.91 Å².